The molecule has 0 radical (unpaired) electrons. The Morgan fingerprint density at radius 1 is 1.58 bits per heavy atom. The minimum atomic E-state index is 0.317. The summed E-state index contributed by atoms with van der Waals surface area (Å²) in [6, 6.07) is 0.452. The first-order valence-electron chi connectivity index (χ1n) is 4.61. The minimum absolute atomic E-state index is 0.317. The molecule has 1 rings (SSSR count). The summed E-state index contributed by atoms with van der Waals surface area (Å²) in [5.41, 5.74) is 0. The lowest BCUT2D eigenvalue weighted by molar-refractivity contribution is -0.128. The van der Waals surface area contributed by atoms with Crippen molar-refractivity contribution >= 4 is 17.5 Å². The fourth-order valence-corrected chi connectivity index (χ4v) is 1.79. The molecule has 0 saturated carbocycles. The molecule has 12 heavy (non-hydrogen) atoms. The Hall–Kier alpha value is -0.240. The molecule has 1 amide bonds. The Balaban J connectivity index is 2.25. The van der Waals surface area contributed by atoms with Gasteiger partial charge >= 0.3 is 0 Å². The number of carbonyl (C=O) groups excluding carboxylic acids is 1. The maximum absolute atomic E-state index is 11.3. The van der Waals surface area contributed by atoms with Crippen molar-refractivity contribution in [1.29, 1.82) is 0 Å². The van der Waals surface area contributed by atoms with Gasteiger partial charge in [-0.15, -0.1) is 11.6 Å². The van der Waals surface area contributed by atoms with Crippen molar-refractivity contribution in [2.75, 3.05) is 12.4 Å². The highest BCUT2D eigenvalue weighted by Gasteiger charge is 2.26. The van der Waals surface area contributed by atoms with Gasteiger partial charge in [0.2, 0.25) is 5.91 Å². The van der Waals surface area contributed by atoms with Gasteiger partial charge in [-0.05, 0) is 26.2 Å². The van der Waals surface area contributed by atoms with Gasteiger partial charge in [-0.25, -0.2) is 0 Å². The van der Waals surface area contributed by atoms with Gasteiger partial charge in [0.05, 0.1) is 0 Å². The summed E-state index contributed by atoms with van der Waals surface area (Å²) < 4.78 is 0. The molecule has 0 aliphatic carbocycles. The van der Waals surface area contributed by atoms with Crippen molar-refractivity contribution in [3.05, 3.63) is 0 Å². The Morgan fingerprint density at radius 2 is 2.33 bits per heavy atom. The van der Waals surface area contributed by atoms with E-state index in [1.807, 2.05) is 4.90 Å². The summed E-state index contributed by atoms with van der Waals surface area (Å²) in [6.07, 6.45) is 3.82. The predicted molar refractivity (Wildman–Crippen MR) is 50.4 cm³/mol. The highest BCUT2D eigenvalue weighted by molar-refractivity contribution is 6.17. The van der Waals surface area contributed by atoms with Crippen LogP contribution in [0.5, 0.6) is 0 Å². The van der Waals surface area contributed by atoms with Crippen LogP contribution in [0, 0.1) is 0 Å². The second-order valence-corrected chi connectivity index (χ2v) is 3.75. The molecule has 0 unspecified atom stereocenters. The zero-order chi connectivity index (χ0) is 8.97. The molecule has 0 aromatic heterocycles. The van der Waals surface area contributed by atoms with E-state index in [9.17, 15) is 4.79 Å². The SMILES string of the molecule is C[C@@H]1CCC(=O)N1CCCCCl. The summed E-state index contributed by atoms with van der Waals surface area (Å²) in [4.78, 5) is 13.3. The van der Waals surface area contributed by atoms with Crippen molar-refractivity contribution in [3.63, 3.8) is 0 Å². The van der Waals surface area contributed by atoms with Crippen LogP contribution in [0.15, 0.2) is 0 Å². The van der Waals surface area contributed by atoms with E-state index in [1.54, 1.807) is 0 Å². The van der Waals surface area contributed by atoms with E-state index in [4.69, 9.17) is 11.6 Å². The summed E-state index contributed by atoms with van der Waals surface area (Å²) in [5, 5.41) is 0. The van der Waals surface area contributed by atoms with Gasteiger partial charge < -0.3 is 4.90 Å². The van der Waals surface area contributed by atoms with E-state index in [0.717, 1.165) is 32.2 Å². The minimum Gasteiger partial charge on any atom is -0.340 e. The Morgan fingerprint density at radius 3 is 2.83 bits per heavy atom. The van der Waals surface area contributed by atoms with Gasteiger partial charge in [0.1, 0.15) is 0 Å². The number of carbonyl (C=O) groups is 1. The fourth-order valence-electron chi connectivity index (χ4n) is 1.60. The van der Waals surface area contributed by atoms with Gasteiger partial charge in [-0.3, -0.25) is 4.79 Å². The third kappa shape index (κ3) is 2.37. The molecular formula is C9H16ClNO. The summed E-state index contributed by atoms with van der Waals surface area (Å²) in [7, 11) is 0. The molecule has 0 aromatic rings. The third-order valence-electron chi connectivity index (χ3n) is 2.41. The van der Waals surface area contributed by atoms with Crippen molar-refractivity contribution in [2.24, 2.45) is 0 Å². The number of nitrogens with zero attached hydrogens (tertiary/aromatic N) is 1. The molecular weight excluding hydrogens is 174 g/mol. The Kier molecular flexibility index (Phi) is 3.86. The second kappa shape index (κ2) is 4.70. The number of alkyl halides is 1. The molecule has 2 nitrogen and oxygen atoms in total. The number of amides is 1. The van der Waals surface area contributed by atoms with E-state index >= 15 is 0 Å². The molecule has 0 spiro atoms. The molecule has 3 heteroatoms. The van der Waals surface area contributed by atoms with Gasteiger partial charge in [-0.1, -0.05) is 0 Å². The normalized spacial score (nSPS) is 23.7. The average molecular weight is 190 g/mol. The van der Waals surface area contributed by atoms with Crippen molar-refractivity contribution in [3.8, 4) is 0 Å². The van der Waals surface area contributed by atoms with E-state index in [2.05, 4.69) is 6.92 Å². The lowest BCUT2D eigenvalue weighted by Gasteiger charge is -2.20. The number of unbranched alkanes of at least 4 members (excludes halogenated alkanes) is 1. The number of hydrogen-bond donors (Lipinski definition) is 0. The first-order valence-corrected chi connectivity index (χ1v) is 5.14. The smallest absolute Gasteiger partial charge is 0.222 e. The van der Waals surface area contributed by atoms with Crippen LogP contribution >= 0.6 is 11.6 Å². The molecule has 1 aliphatic rings. The Labute approximate surface area is 78.9 Å². The van der Waals surface area contributed by atoms with Crippen LogP contribution in [0.2, 0.25) is 0 Å². The number of halogens is 1. The molecule has 70 valence electrons. The topological polar surface area (TPSA) is 20.3 Å². The summed E-state index contributed by atoms with van der Waals surface area (Å²) >= 11 is 5.56. The largest absolute Gasteiger partial charge is 0.340 e. The number of likely N-dealkylation sites (tertiary alicyclic amines) is 1. The van der Waals surface area contributed by atoms with E-state index in [1.165, 1.54) is 0 Å². The molecule has 1 aliphatic heterocycles. The molecule has 1 atom stereocenters. The fraction of sp³-hybridized carbons (Fsp3) is 0.889. The van der Waals surface area contributed by atoms with Gasteiger partial charge in [0.25, 0.3) is 0 Å². The first kappa shape index (κ1) is 9.85. The van der Waals surface area contributed by atoms with Crippen LogP contribution in [0.1, 0.15) is 32.6 Å². The highest BCUT2D eigenvalue weighted by Crippen LogP contribution is 2.18. The lowest BCUT2D eigenvalue weighted by atomic mass is 10.2. The Bertz CT molecular complexity index is 161. The standard InChI is InChI=1S/C9H16ClNO/c1-8-4-5-9(12)11(8)7-3-2-6-10/h8H,2-7H2,1H3/t8-/m1/s1. The molecule has 1 fully saturated rings. The van der Waals surface area contributed by atoms with Crippen molar-refractivity contribution in [2.45, 2.75) is 38.6 Å². The molecule has 1 heterocycles. The zero-order valence-corrected chi connectivity index (χ0v) is 8.31. The maximum atomic E-state index is 11.3. The number of rotatable bonds is 4. The van der Waals surface area contributed by atoms with E-state index in [-0.39, 0.29) is 0 Å². The maximum Gasteiger partial charge on any atom is 0.222 e. The van der Waals surface area contributed by atoms with E-state index in [0.29, 0.717) is 17.8 Å². The van der Waals surface area contributed by atoms with Crippen LogP contribution in [0.4, 0.5) is 0 Å². The monoisotopic (exact) mass is 189 g/mol. The van der Waals surface area contributed by atoms with Crippen LogP contribution in [-0.2, 0) is 4.79 Å². The second-order valence-electron chi connectivity index (χ2n) is 3.37. The van der Waals surface area contributed by atoms with Gasteiger partial charge in [0.15, 0.2) is 0 Å². The lowest BCUT2D eigenvalue weighted by Crippen LogP contribution is -2.31. The van der Waals surface area contributed by atoms with Gasteiger partial charge in [-0.2, -0.15) is 0 Å². The van der Waals surface area contributed by atoms with Crippen LogP contribution in [0.3, 0.4) is 0 Å². The zero-order valence-electron chi connectivity index (χ0n) is 7.55. The molecule has 0 bridgehead atoms. The van der Waals surface area contributed by atoms with Crippen molar-refractivity contribution < 1.29 is 4.79 Å². The highest BCUT2D eigenvalue weighted by atomic mass is 35.5. The predicted octanol–water partition coefficient (Wildman–Crippen LogP) is 2.02. The number of hydrogen-bond acceptors (Lipinski definition) is 1. The molecule has 0 N–H and O–H groups in total. The quantitative estimate of drug-likeness (QED) is 0.490. The van der Waals surface area contributed by atoms with E-state index < -0.39 is 0 Å². The summed E-state index contributed by atoms with van der Waals surface area (Å²) in [6.45, 7) is 3.01. The summed E-state index contributed by atoms with van der Waals surface area (Å²) in [5.74, 6) is 1.02. The first-order chi connectivity index (χ1) is 5.75. The van der Waals surface area contributed by atoms with Gasteiger partial charge in [0, 0.05) is 24.9 Å². The van der Waals surface area contributed by atoms with Crippen LogP contribution < -0.4 is 0 Å². The molecule has 0 aromatic carbocycles. The average Bonchev–Trinajstić information content (AvgIpc) is 2.35. The van der Waals surface area contributed by atoms with Crippen LogP contribution in [0.25, 0.3) is 0 Å². The van der Waals surface area contributed by atoms with Crippen molar-refractivity contribution in [1.82, 2.24) is 4.90 Å². The van der Waals surface area contributed by atoms with Crippen LogP contribution in [-0.4, -0.2) is 29.3 Å². The molecule has 1 saturated heterocycles. The third-order valence-corrected chi connectivity index (χ3v) is 2.68.